The molecule has 0 aliphatic heterocycles. The molecule has 2 aromatic heterocycles. The fraction of sp³-hybridized carbons (Fsp3) is 0.111. The van der Waals surface area contributed by atoms with Gasteiger partial charge in [0.15, 0.2) is 17.5 Å². The lowest BCUT2D eigenvalue weighted by atomic mass is 10.0. The minimum absolute atomic E-state index is 0.165. The Hall–Kier alpha value is -3.13. The summed E-state index contributed by atoms with van der Waals surface area (Å²) in [5, 5.41) is 11.9. The van der Waals surface area contributed by atoms with Gasteiger partial charge in [0.1, 0.15) is 11.9 Å². The Morgan fingerprint density at radius 1 is 1.19 bits per heavy atom. The number of nitrogens with two attached hydrogens (primary N) is 1. The molecule has 3 aromatic rings. The molecule has 6 nitrogen and oxygen atoms in total. The minimum Gasteiger partial charge on any atom is -0.383 e. The van der Waals surface area contributed by atoms with Gasteiger partial charge in [-0.25, -0.2) is 18.4 Å². The lowest BCUT2D eigenvalue weighted by Crippen LogP contribution is -2.15. The van der Waals surface area contributed by atoms with Crippen LogP contribution in [0.3, 0.4) is 0 Å². The minimum atomic E-state index is -0.983. The molecule has 2 N–H and O–H groups in total. The highest BCUT2D eigenvalue weighted by Gasteiger charge is 2.27. The van der Waals surface area contributed by atoms with Crippen LogP contribution in [-0.4, -0.2) is 25.2 Å². The Morgan fingerprint density at radius 3 is 2.81 bits per heavy atom. The maximum absolute atomic E-state index is 14.3. The number of halogens is 3. The lowest BCUT2D eigenvalue weighted by molar-refractivity contribution is 0.389. The highest BCUT2D eigenvalue weighted by Crippen LogP contribution is 2.36. The van der Waals surface area contributed by atoms with E-state index in [4.69, 9.17) is 17.3 Å². The summed E-state index contributed by atoms with van der Waals surface area (Å²) in [4.78, 5) is 4.19. The molecule has 0 bridgehead atoms. The van der Waals surface area contributed by atoms with Gasteiger partial charge >= 0.3 is 0 Å². The van der Waals surface area contributed by atoms with Crippen LogP contribution in [-0.2, 0) is 0 Å². The third-order valence-electron chi connectivity index (χ3n) is 4.28. The molecule has 1 atom stereocenters. The number of nitrogen functional groups attached to an aromatic ring is 1. The molecular formula is C18H13ClF2N6. The van der Waals surface area contributed by atoms with Crippen LogP contribution in [0.2, 0.25) is 5.02 Å². The first-order chi connectivity index (χ1) is 13.1. The van der Waals surface area contributed by atoms with Gasteiger partial charge in [0.05, 0.1) is 5.56 Å². The van der Waals surface area contributed by atoms with Crippen LogP contribution in [0.5, 0.6) is 0 Å². The number of tetrazole rings is 1. The van der Waals surface area contributed by atoms with Crippen LogP contribution in [0.4, 0.5) is 14.6 Å². The van der Waals surface area contributed by atoms with Crippen molar-refractivity contribution in [3.63, 3.8) is 0 Å². The van der Waals surface area contributed by atoms with E-state index in [0.29, 0.717) is 16.1 Å². The number of allylic oxidation sites excluding steroid dienone is 4. The molecule has 1 unspecified atom stereocenters. The van der Waals surface area contributed by atoms with Crippen molar-refractivity contribution in [1.29, 1.82) is 0 Å². The second-order valence-corrected chi connectivity index (χ2v) is 6.34. The van der Waals surface area contributed by atoms with Gasteiger partial charge in [-0.1, -0.05) is 35.9 Å². The highest BCUT2D eigenvalue weighted by molar-refractivity contribution is 6.33. The van der Waals surface area contributed by atoms with Crippen molar-refractivity contribution >= 4 is 17.4 Å². The van der Waals surface area contributed by atoms with E-state index in [2.05, 4.69) is 20.5 Å². The predicted octanol–water partition coefficient (Wildman–Crippen LogP) is 4.29. The smallest absolute Gasteiger partial charge is 0.186 e. The first-order valence-electron chi connectivity index (χ1n) is 8.06. The predicted molar refractivity (Wildman–Crippen MR) is 97.9 cm³/mol. The zero-order valence-electron chi connectivity index (χ0n) is 13.9. The maximum atomic E-state index is 14.3. The number of hydrogen-bond acceptors (Lipinski definition) is 5. The Bertz CT molecular complexity index is 1080. The lowest BCUT2D eigenvalue weighted by Gasteiger charge is -2.18. The van der Waals surface area contributed by atoms with Crippen LogP contribution in [0.1, 0.15) is 12.5 Å². The molecule has 0 spiro atoms. The van der Waals surface area contributed by atoms with E-state index in [1.54, 1.807) is 18.3 Å². The summed E-state index contributed by atoms with van der Waals surface area (Å²) >= 11 is 6.25. The molecule has 4 rings (SSSR count). The molecular weight excluding hydrogens is 374 g/mol. The topological polar surface area (TPSA) is 82.5 Å². The third kappa shape index (κ3) is 3.08. The van der Waals surface area contributed by atoms with Gasteiger partial charge in [0.2, 0.25) is 0 Å². The Kier molecular flexibility index (Phi) is 4.41. The second-order valence-electron chi connectivity index (χ2n) is 5.93. The van der Waals surface area contributed by atoms with E-state index in [9.17, 15) is 8.78 Å². The van der Waals surface area contributed by atoms with Crippen molar-refractivity contribution in [3.8, 4) is 22.5 Å². The molecule has 0 fully saturated rings. The normalized spacial score (nSPS) is 16.8. The third-order valence-corrected chi connectivity index (χ3v) is 4.61. The van der Waals surface area contributed by atoms with Crippen molar-refractivity contribution in [3.05, 3.63) is 65.4 Å². The van der Waals surface area contributed by atoms with Crippen LogP contribution in [0, 0.1) is 0 Å². The zero-order valence-corrected chi connectivity index (χ0v) is 14.6. The highest BCUT2D eigenvalue weighted by atomic mass is 35.5. The van der Waals surface area contributed by atoms with Crippen molar-refractivity contribution in [1.82, 2.24) is 25.2 Å². The summed E-state index contributed by atoms with van der Waals surface area (Å²) in [5.74, 6) is -1.52. The van der Waals surface area contributed by atoms with Crippen LogP contribution < -0.4 is 5.73 Å². The van der Waals surface area contributed by atoms with E-state index < -0.39 is 17.7 Å². The van der Waals surface area contributed by atoms with Crippen LogP contribution in [0.15, 0.2) is 60.3 Å². The molecule has 136 valence electrons. The summed E-state index contributed by atoms with van der Waals surface area (Å²) in [6.07, 6.45) is 4.41. The molecule has 2 heterocycles. The number of rotatable bonds is 3. The SMILES string of the molecule is Nc1ncc(-c2ccccc2Cl)cc1-c1nnnn1C1CC=CC(F)=C1F. The summed E-state index contributed by atoms with van der Waals surface area (Å²) < 4.78 is 29.1. The van der Waals surface area contributed by atoms with Crippen molar-refractivity contribution in [2.75, 3.05) is 5.73 Å². The summed E-state index contributed by atoms with van der Waals surface area (Å²) in [5.41, 5.74) is 7.87. The number of hydrogen-bond donors (Lipinski definition) is 1. The fourth-order valence-corrected chi connectivity index (χ4v) is 3.17. The van der Waals surface area contributed by atoms with Gasteiger partial charge in [-0.3, -0.25) is 0 Å². The number of pyridine rings is 1. The quantitative estimate of drug-likeness (QED) is 0.726. The van der Waals surface area contributed by atoms with E-state index >= 15 is 0 Å². The first-order valence-corrected chi connectivity index (χ1v) is 8.44. The van der Waals surface area contributed by atoms with E-state index in [-0.39, 0.29) is 18.1 Å². The molecule has 0 radical (unpaired) electrons. The molecule has 1 aromatic carbocycles. The number of benzene rings is 1. The van der Waals surface area contributed by atoms with Crippen molar-refractivity contribution < 1.29 is 8.78 Å². The monoisotopic (exact) mass is 386 g/mol. The average Bonchev–Trinajstić information content (AvgIpc) is 3.14. The summed E-state index contributed by atoms with van der Waals surface area (Å²) in [7, 11) is 0. The molecule has 27 heavy (non-hydrogen) atoms. The van der Waals surface area contributed by atoms with Gasteiger partial charge in [-0.2, -0.15) is 0 Å². The van der Waals surface area contributed by atoms with Crippen molar-refractivity contribution in [2.45, 2.75) is 12.5 Å². The Morgan fingerprint density at radius 2 is 2.00 bits per heavy atom. The Balaban J connectivity index is 1.82. The summed E-state index contributed by atoms with van der Waals surface area (Å²) in [6.45, 7) is 0. The molecule has 0 amide bonds. The molecule has 1 aliphatic rings. The fourth-order valence-electron chi connectivity index (χ4n) is 2.93. The Labute approximate surface area is 158 Å². The van der Waals surface area contributed by atoms with E-state index in [1.807, 2.05) is 18.2 Å². The molecule has 9 heteroatoms. The molecule has 0 saturated heterocycles. The largest absolute Gasteiger partial charge is 0.383 e. The van der Waals surface area contributed by atoms with Gasteiger partial charge in [-0.05, 0) is 35.1 Å². The molecule has 1 aliphatic carbocycles. The molecule has 0 saturated carbocycles. The first kappa shape index (κ1) is 17.3. The van der Waals surface area contributed by atoms with Crippen molar-refractivity contribution in [2.24, 2.45) is 0 Å². The standard InChI is InChI=1S/C18H13ClF2N6/c19-13-5-2-1-4-11(13)10-8-12(17(22)23-9-10)18-24-25-26-27(18)15-7-3-6-14(20)16(15)21/h1-6,8-9,15H,7H2,(H2,22,23). The van der Waals surface area contributed by atoms with Crippen LogP contribution in [0.25, 0.3) is 22.5 Å². The van der Waals surface area contributed by atoms with E-state index in [1.165, 1.54) is 10.8 Å². The maximum Gasteiger partial charge on any atom is 0.186 e. The zero-order chi connectivity index (χ0) is 19.0. The van der Waals surface area contributed by atoms with E-state index in [0.717, 1.165) is 11.6 Å². The van der Waals surface area contributed by atoms with Gasteiger partial charge in [0, 0.05) is 22.3 Å². The number of anilines is 1. The van der Waals surface area contributed by atoms with Crippen LogP contribution >= 0.6 is 11.6 Å². The van der Waals surface area contributed by atoms with Gasteiger partial charge in [-0.15, -0.1) is 5.10 Å². The number of aromatic nitrogens is 5. The average molecular weight is 387 g/mol. The van der Waals surface area contributed by atoms with Gasteiger partial charge < -0.3 is 5.73 Å². The van der Waals surface area contributed by atoms with Gasteiger partial charge in [0.25, 0.3) is 0 Å². The number of nitrogens with zero attached hydrogens (tertiary/aromatic N) is 5. The summed E-state index contributed by atoms with van der Waals surface area (Å²) in [6, 6.07) is 8.00. The second kappa shape index (κ2) is 6.88.